The molecule has 3 aromatic carbocycles. The zero-order valence-corrected chi connectivity index (χ0v) is 14.1. The van der Waals surface area contributed by atoms with E-state index in [-0.39, 0.29) is 11.3 Å². The number of hydrogen-bond acceptors (Lipinski definition) is 6. The second kappa shape index (κ2) is 8.31. The van der Waals surface area contributed by atoms with Gasteiger partial charge in [0.05, 0.1) is 11.1 Å². The van der Waals surface area contributed by atoms with E-state index in [9.17, 15) is 9.59 Å². The minimum atomic E-state index is -1.58. The molecule has 2 N–H and O–H groups in total. The van der Waals surface area contributed by atoms with Gasteiger partial charge in [0.1, 0.15) is 11.5 Å². The van der Waals surface area contributed by atoms with E-state index >= 15 is 0 Å². The first-order chi connectivity index (χ1) is 13.0. The van der Waals surface area contributed by atoms with Gasteiger partial charge in [-0.25, -0.2) is 9.59 Å². The lowest BCUT2D eigenvalue weighted by Crippen LogP contribution is -2.29. The molecule has 0 amide bonds. The predicted octanol–water partition coefficient (Wildman–Crippen LogP) is 1.80. The molecule has 3 rings (SSSR count). The first-order valence-electron chi connectivity index (χ1n) is 8.08. The van der Waals surface area contributed by atoms with Gasteiger partial charge >= 0.3 is 19.1 Å². The van der Waals surface area contributed by atoms with Gasteiger partial charge in [-0.3, -0.25) is 0 Å². The molecule has 3 aromatic rings. The van der Waals surface area contributed by atoms with Crippen molar-refractivity contribution in [3.8, 4) is 11.5 Å². The van der Waals surface area contributed by atoms with Crippen LogP contribution in [0.2, 0.25) is 0 Å². The predicted molar refractivity (Wildman–Crippen MR) is 99.1 cm³/mol. The van der Waals surface area contributed by atoms with Crippen molar-refractivity contribution in [1.82, 2.24) is 0 Å². The standard InChI is InChI=1S/C20H15BO6/c22-19(14-4-2-1-3-5-14)26-17-10-6-15(7-11-17)20(23)27-18-12-8-16(9-13-18)21(24)25/h1-13,24-25H. The van der Waals surface area contributed by atoms with Gasteiger partial charge in [0.25, 0.3) is 0 Å². The summed E-state index contributed by atoms with van der Waals surface area (Å²) in [5, 5.41) is 18.1. The van der Waals surface area contributed by atoms with Gasteiger partial charge in [-0.05, 0) is 54.0 Å². The van der Waals surface area contributed by atoms with Crippen molar-refractivity contribution >= 4 is 24.5 Å². The third-order valence-corrected chi connectivity index (χ3v) is 3.70. The van der Waals surface area contributed by atoms with Crippen molar-refractivity contribution in [1.29, 1.82) is 0 Å². The first-order valence-corrected chi connectivity index (χ1v) is 8.08. The van der Waals surface area contributed by atoms with Crippen LogP contribution in [-0.4, -0.2) is 29.1 Å². The van der Waals surface area contributed by atoms with Crippen molar-refractivity contribution in [3.63, 3.8) is 0 Å². The Morgan fingerprint density at radius 3 is 1.56 bits per heavy atom. The highest BCUT2D eigenvalue weighted by Crippen LogP contribution is 2.16. The van der Waals surface area contributed by atoms with Crippen LogP contribution in [0.5, 0.6) is 11.5 Å². The number of hydrogen-bond donors (Lipinski definition) is 2. The third-order valence-electron chi connectivity index (χ3n) is 3.70. The average molecular weight is 362 g/mol. The van der Waals surface area contributed by atoms with E-state index in [1.165, 1.54) is 48.5 Å². The number of benzene rings is 3. The lowest BCUT2D eigenvalue weighted by molar-refractivity contribution is 0.0730. The highest BCUT2D eigenvalue weighted by Gasteiger charge is 2.13. The van der Waals surface area contributed by atoms with E-state index in [1.807, 2.05) is 0 Å². The van der Waals surface area contributed by atoms with Crippen LogP contribution in [0.25, 0.3) is 0 Å². The molecule has 7 heteroatoms. The van der Waals surface area contributed by atoms with Crippen LogP contribution in [-0.2, 0) is 0 Å². The molecule has 0 spiro atoms. The third kappa shape index (κ3) is 4.81. The normalized spacial score (nSPS) is 10.1. The molecule has 27 heavy (non-hydrogen) atoms. The molecular formula is C20H15BO6. The summed E-state index contributed by atoms with van der Waals surface area (Å²) in [7, 11) is -1.58. The zero-order valence-electron chi connectivity index (χ0n) is 14.1. The van der Waals surface area contributed by atoms with Gasteiger partial charge in [-0.15, -0.1) is 0 Å². The SMILES string of the molecule is O=C(Oc1ccc(C(=O)Oc2ccc(B(O)O)cc2)cc1)c1ccccc1. The molecule has 0 fully saturated rings. The van der Waals surface area contributed by atoms with Gasteiger partial charge in [0, 0.05) is 0 Å². The van der Waals surface area contributed by atoms with Crippen LogP contribution in [0.1, 0.15) is 20.7 Å². The van der Waals surface area contributed by atoms with Gasteiger partial charge in [0.2, 0.25) is 0 Å². The summed E-state index contributed by atoms with van der Waals surface area (Å²) < 4.78 is 10.5. The van der Waals surface area contributed by atoms with Crippen LogP contribution < -0.4 is 14.9 Å². The van der Waals surface area contributed by atoms with Crippen molar-refractivity contribution in [2.45, 2.75) is 0 Å². The van der Waals surface area contributed by atoms with Crippen LogP contribution in [0.15, 0.2) is 78.9 Å². The highest BCUT2D eigenvalue weighted by atomic mass is 16.5. The van der Waals surface area contributed by atoms with E-state index in [0.717, 1.165) is 0 Å². The Hall–Kier alpha value is -3.42. The summed E-state index contributed by atoms with van der Waals surface area (Å²) in [6.45, 7) is 0. The molecule has 6 nitrogen and oxygen atoms in total. The largest absolute Gasteiger partial charge is 0.488 e. The van der Waals surface area contributed by atoms with Gasteiger partial charge in [0.15, 0.2) is 0 Å². The number of esters is 2. The van der Waals surface area contributed by atoms with Crippen LogP contribution >= 0.6 is 0 Å². The fourth-order valence-electron chi connectivity index (χ4n) is 2.27. The fourth-order valence-corrected chi connectivity index (χ4v) is 2.27. The summed E-state index contributed by atoms with van der Waals surface area (Å²) in [5.41, 5.74) is 0.998. The van der Waals surface area contributed by atoms with E-state index in [2.05, 4.69) is 0 Å². The maximum absolute atomic E-state index is 12.2. The highest BCUT2D eigenvalue weighted by molar-refractivity contribution is 6.58. The zero-order chi connectivity index (χ0) is 19.2. The molecule has 0 aliphatic heterocycles. The fraction of sp³-hybridized carbons (Fsp3) is 0. The minimum Gasteiger partial charge on any atom is -0.423 e. The number of carbonyl (C=O) groups excluding carboxylic acids is 2. The van der Waals surface area contributed by atoms with E-state index in [0.29, 0.717) is 16.8 Å². The van der Waals surface area contributed by atoms with Crippen molar-refractivity contribution in [2.75, 3.05) is 0 Å². The summed E-state index contributed by atoms with van der Waals surface area (Å²) in [6.07, 6.45) is 0. The molecule has 0 aliphatic rings. The van der Waals surface area contributed by atoms with Gasteiger partial charge < -0.3 is 19.5 Å². The molecular weight excluding hydrogens is 347 g/mol. The Morgan fingerprint density at radius 1 is 0.630 bits per heavy atom. The lowest BCUT2D eigenvalue weighted by atomic mass is 9.80. The van der Waals surface area contributed by atoms with E-state index < -0.39 is 19.1 Å². The average Bonchev–Trinajstić information content (AvgIpc) is 2.69. The Bertz CT molecular complexity index is 921. The molecule has 0 atom stereocenters. The molecule has 0 bridgehead atoms. The molecule has 134 valence electrons. The van der Waals surface area contributed by atoms with Crippen molar-refractivity contribution in [3.05, 3.63) is 90.0 Å². The van der Waals surface area contributed by atoms with Crippen molar-refractivity contribution in [2.24, 2.45) is 0 Å². The lowest BCUT2D eigenvalue weighted by Gasteiger charge is -2.07. The Labute approximate surface area is 155 Å². The molecule has 0 aliphatic carbocycles. The maximum Gasteiger partial charge on any atom is 0.488 e. The Morgan fingerprint density at radius 2 is 1.07 bits per heavy atom. The first kappa shape index (κ1) is 18.4. The smallest absolute Gasteiger partial charge is 0.423 e. The van der Waals surface area contributed by atoms with Crippen LogP contribution in [0.3, 0.4) is 0 Å². The summed E-state index contributed by atoms with van der Waals surface area (Å²) in [5.74, 6) is -0.504. The second-order valence-electron chi connectivity index (χ2n) is 5.61. The Balaban J connectivity index is 1.62. The topological polar surface area (TPSA) is 93.1 Å². The maximum atomic E-state index is 12.2. The van der Waals surface area contributed by atoms with Crippen LogP contribution in [0.4, 0.5) is 0 Å². The van der Waals surface area contributed by atoms with E-state index in [4.69, 9.17) is 19.5 Å². The van der Waals surface area contributed by atoms with Crippen LogP contribution in [0, 0.1) is 0 Å². The van der Waals surface area contributed by atoms with Gasteiger partial charge in [-0.1, -0.05) is 30.3 Å². The molecule has 0 unspecified atom stereocenters. The minimum absolute atomic E-state index is 0.268. The summed E-state index contributed by atoms with van der Waals surface area (Å²) >= 11 is 0. The molecule has 0 radical (unpaired) electrons. The molecule has 0 saturated carbocycles. The number of rotatable bonds is 5. The monoisotopic (exact) mass is 362 g/mol. The Kier molecular flexibility index (Phi) is 5.66. The van der Waals surface area contributed by atoms with Crippen molar-refractivity contribution < 1.29 is 29.1 Å². The number of carbonyl (C=O) groups is 2. The molecule has 0 aromatic heterocycles. The number of ether oxygens (including phenoxy) is 2. The molecule has 0 saturated heterocycles. The summed E-state index contributed by atoms with van der Waals surface area (Å²) in [4.78, 5) is 24.2. The summed E-state index contributed by atoms with van der Waals surface area (Å²) in [6, 6.07) is 20.4. The van der Waals surface area contributed by atoms with E-state index in [1.54, 1.807) is 30.3 Å². The molecule has 0 heterocycles. The quantitative estimate of drug-likeness (QED) is 0.409. The van der Waals surface area contributed by atoms with Gasteiger partial charge in [-0.2, -0.15) is 0 Å². The second-order valence-corrected chi connectivity index (χ2v) is 5.61.